The van der Waals surface area contributed by atoms with Crippen molar-refractivity contribution in [2.45, 2.75) is 5.22 Å². The summed E-state index contributed by atoms with van der Waals surface area (Å²) in [5, 5.41) is 11.6. The number of furan rings is 1. The van der Waals surface area contributed by atoms with E-state index in [-0.39, 0.29) is 17.6 Å². The molecule has 1 fully saturated rings. The van der Waals surface area contributed by atoms with Gasteiger partial charge in [-0.3, -0.25) is 4.79 Å². The van der Waals surface area contributed by atoms with Crippen LogP contribution in [0.15, 0.2) is 50.7 Å². The summed E-state index contributed by atoms with van der Waals surface area (Å²) in [6.07, 6.45) is 1.52. The molecule has 4 rings (SSSR count). The van der Waals surface area contributed by atoms with Crippen LogP contribution in [0.4, 0.5) is 11.4 Å². The van der Waals surface area contributed by atoms with Gasteiger partial charge in [0.25, 0.3) is 11.1 Å². The zero-order chi connectivity index (χ0) is 19.3. The maximum atomic E-state index is 12.4. The van der Waals surface area contributed by atoms with Crippen LogP contribution in [-0.2, 0) is 9.53 Å². The molecule has 1 aliphatic rings. The van der Waals surface area contributed by atoms with Crippen molar-refractivity contribution in [1.82, 2.24) is 10.2 Å². The highest BCUT2D eigenvalue weighted by Gasteiger charge is 2.18. The largest absolute Gasteiger partial charge is 0.459 e. The van der Waals surface area contributed by atoms with Crippen LogP contribution in [0.3, 0.4) is 0 Å². The van der Waals surface area contributed by atoms with Crippen molar-refractivity contribution in [3.63, 3.8) is 0 Å². The lowest BCUT2D eigenvalue weighted by Gasteiger charge is -2.30. The molecule has 1 saturated heterocycles. The molecule has 0 aliphatic carbocycles. The van der Waals surface area contributed by atoms with E-state index in [4.69, 9.17) is 25.2 Å². The summed E-state index contributed by atoms with van der Waals surface area (Å²) in [7, 11) is 0. The Morgan fingerprint density at radius 1 is 1.25 bits per heavy atom. The van der Waals surface area contributed by atoms with Gasteiger partial charge in [0, 0.05) is 18.1 Å². The highest BCUT2D eigenvalue weighted by molar-refractivity contribution is 7.99. The molecule has 28 heavy (non-hydrogen) atoms. The lowest BCUT2D eigenvalue weighted by Crippen LogP contribution is -2.36. The minimum absolute atomic E-state index is 0.120. The predicted octanol–water partition coefficient (Wildman–Crippen LogP) is 3.55. The molecule has 3 aromatic rings. The van der Waals surface area contributed by atoms with Crippen molar-refractivity contribution >= 4 is 40.6 Å². The number of aromatic nitrogens is 2. The van der Waals surface area contributed by atoms with Crippen LogP contribution in [-0.4, -0.2) is 48.2 Å². The lowest BCUT2D eigenvalue weighted by molar-refractivity contribution is -0.113. The van der Waals surface area contributed by atoms with E-state index in [0.717, 1.165) is 30.5 Å². The number of carbonyl (C=O) groups is 1. The molecule has 2 aromatic heterocycles. The Morgan fingerprint density at radius 2 is 2.11 bits per heavy atom. The van der Waals surface area contributed by atoms with Crippen molar-refractivity contribution in [1.29, 1.82) is 0 Å². The number of benzene rings is 1. The summed E-state index contributed by atoms with van der Waals surface area (Å²) in [5.41, 5.74) is 1.59. The monoisotopic (exact) mass is 420 g/mol. The topological polar surface area (TPSA) is 93.6 Å². The number of hydrogen-bond acceptors (Lipinski definition) is 8. The molecule has 1 aromatic carbocycles. The zero-order valence-corrected chi connectivity index (χ0v) is 16.3. The highest BCUT2D eigenvalue weighted by Crippen LogP contribution is 2.30. The lowest BCUT2D eigenvalue weighted by atomic mass is 10.2. The SMILES string of the molecule is O=C(CSc1nnc(-c2ccco2)o1)Nc1cc(Cl)ccc1N1CCOCC1. The van der Waals surface area contributed by atoms with Crippen molar-refractivity contribution < 1.29 is 18.4 Å². The molecule has 0 spiro atoms. The van der Waals surface area contributed by atoms with Crippen LogP contribution in [0.2, 0.25) is 5.02 Å². The number of amides is 1. The van der Waals surface area contributed by atoms with Gasteiger partial charge in [-0.15, -0.1) is 10.2 Å². The first kappa shape index (κ1) is 18.9. The van der Waals surface area contributed by atoms with Crippen LogP contribution < -0.4 is 10.2 Å². The fourth-order valence-electron chi connectivity index (χ4n) is 2.77. The van der Waals surface area contributed by atoms with E-state index in [1.807, 2.05) is 12.1 Å². The average Bonchev–Trinajstić information content (AvgIpc) is 3.39. The summed E-state index contributed by atoms with van der Waals surface area (Å²) in [6, 6.07) is 8.92. The molecular formula is C18H17ClN4O4S. The Labute approximate surface area is 170 Å². The van der Waals surface area contributed by atoms with Gasteiger partial charge in [-0.1, -0.05) is 23.4 Å². The molecule has 8 nitrogen and oxygen atoms in total. The molecule has 146 valence electrons. The second-order valence-corrected chi connectivity index (χ2v) is 7.31. The van der Waals surface area contributed by atoms with Gasteiger partial charge >= 0.3 is 0 Å². The molecule has 0 atom stereocenters. The molecule has 0 unspecified atom stereocenters. The average molecular weight is 421 g/mol. The molecule has 1 N–H and O–H groups in total. The van der Waals surface area contributed by atoms with Gasteiger partial charge in [-0.2, -0.15) is 0 Å². The van der Waals surface area contributed by atoms with Gasteiger partial charge in [-0.25, -0.2) is 0 Å². The van der Waals surface area contributed by atoms with Crippen molar-refractivity contribution in [2.75, 3.05) is 42.3 Å². The van der Waals surface area contributed by atoms with Gasteiger partial charge in [0.15, 0.2) is 5.76 Å². The third-order valence-corrected chi connectivity index (χ3v) is 5.10. The first-order valence-electron chi connectivity index (χ1n) is 8.61. The Bertz CT molecular complexity index is 941. The van der Waals surface area contributed by atoms with Gasteiger partial charge in [-0.05, 0) is 30.3 Å². The molecule has 0 bridgehead atoms. The minimum atomic E-state index is -0.195. The van der Waals surface area contributed by atoms with Crippen molar-refractivity contribution in [3.05, 3.63) is 41.6 Å². The first-order valence-corrected chi connectivity index (χ1v) is 9.98. The Morgan fingerprint density at radius 3 is 2.89 bits per heavy atom. The fraction of sp³-hybridized carbons (Fsp3) is 0.278. The summed E-state index contributed by atoms with van der Waals surface area (Å²) in [6.45, 7) is 2.83. The number of halogens is 1. The standard InChI is InChI=1S/C18H17ClN4O4S/c19-12-3-4-14(23-5-8-25-9-6-23)13(10-12)20-16(24)11-28-18-22-21-17(27-18)15-2-1-7-26-15/h1-4,7,10H,5-6,8-9,11H2,(H,20,24). The van der Waals surface area contributed by atoms with Gasteiger partial charge < -0.3 is 23.8 Å². The fourth-order valence-corrected chi connectivity index (χ4v) is 3.51. The molecule has 0 saturated carbocycles. The smallest absolute Gasteiger partial charge is 0.284 e. The molecule has 1 amide bonds. The van der Waals surface area contributed by atoms with Gasteiger partial charge in [0.2, 0.25) is 5.91 Å². The number of anilines is 2. The molecule has 3 heterocycles. The van der Waals surface area contributed by atoms with E-state index in [1.165, 1.54) is 6.26 Å². The van der Waals surface area contributed by atoms with E-state index in [9.17, 15) is 4.79 Å². The van der Waals surface area contributed by atoms with E-state index >= 15 is 0 Å². The number of thioether (sulfide) groups is 1. The minimum Gasteiger partial charge on any atom is -0.459 e. The van der Waals surface area contributed by atoms with E-state index in [1.54, 1.807) is 18.2 Å². The van der Waals surface area contributed by atoms with Crippen LogP contribution in [0, 0.1) is 0 Å². The second-order valence-electron chi connectivity index (χ2n) is 5.95. The Kier molecular flexibility index (Phi) is 5.84. The van der Waals surface area contributed by atoms with Gasteiger partial charge in [0.05, 0.1) is 36.6 Å². The number of morpholine rings is 1. The number of nitrogens with zero attached hydrogens (tertiary/aromatic N) is 3. The summed E-state index contributed by atoms with van der Waals surface area (Å²) < 4.78 is 16.1. The van der Waals surface area contributed by atoms with Crippen molar-refractivity contribution in [3.8, 4) is 11.7 Å². The molecule has 1 aliphatic heterocycles. The third kappa shape index (κ3) is 4.49. The maximum Gasteiger partial charge on any atom is 0.284 e. The summed E-state index contributed by atoms with van der Waals surface area (Å²) in [5.74, 6) is 0.684. The number of carbonyl (C=O) groups excluding carboxylic acids is 1. The molecule has 0 radical (unpaired) electrons. The Balaban J connectivity index is 1.39. The zero-order valence-electron chi connectivity index (χ0n) is 14.8. The van der Waals surface area contributed by atoms with E-state index in [2.05, 4.69) is 20.4 Å². The number of rotatable bonds is 6. The number of ether oxygens (including phenoxy) is 1. The second kappa shape index (κ2) is 8.68. The molecular weight excluding hydrogens is 404 g/mol. The van der Waals surface area contributed by atoms with Crippen LogP contribution in [0.5, 0.6) is 0 Å². The highest BCUT2D eigenvalue weighted by atomic mass is 35.5. The van der Waals surface area contributed by atoms with Crippen LogP contribution in [0.1, 0.15) is 0 Å². The Hall–Kier alpha value is -2.49. The first-order chi connectivity index (χ1) is 13.7. The third-order valence-electron chi connectivity index (χ3n) is 4.05. The van der Waals surface area contributed by atoms with Crippen molar-refractivity contribution in [2.24, 2.45) is 0 Å². The number of hydrogen-bond donors (Lipinski definition) is 1. The summed E-state index contributed by atoms with van der Waals surface area (Å²) >= 11 is 7.27. The maximum absolute atomic E-state index is 12.4. The van der Waals surface area contributed by atoms with E-state index < -0.39 is 0 Å². The summed E-state index contributed by atoms with van der Waals surface area (Å²) in [4.78, 5) is 14.6. The van der Waals surface area contributed by atoms with E-state index in [0.29, 0.717) is 34.9 Å². The normalized spacial score (nSPS) is 14.2. The van der Waals surface area contributed by atoms with Crippen LogP contribution in [0.25, 0.3) is 11.7 Å². The van der Waals surface area contributed by atoms with Crippen LogP contribution >= 0.6 is 23.4 Å². The predicted molar refractivity (Wildman–Crippen MR) is 106 cm³/mol. The van der Waals surface area contributed by atoms with Gasteiger partial charge in [0.1, 0.15) is 0 Å². The quantitative estimate of drug-likeness (QED) is 0.605. The number of nitrogens with one attached hydrogen (secondary N) is 1. The molecule has 10 heteroatoms.